The summed E-state index contributed by atoms with van der Waals surface area (Å²) in [4.78, 5) is 12.3. The normalized spacial score (nSPS) is 12.4. The van der Waals surface area contributed by atoms with E-state index in [1.165, 1.54) is 0 Å². The molecule has 3 aromatic heterocycles. The minimum absolute atomic E-state index is 0.246. The van der Waals surface area contributed by atoms with Crippen molar-refractivity contribution in [2.75, 3.05) is 0 Å². The minimum atomic E-state index is -0.292. The summed E-state index contributed by atoms with van der Waals surface area (Å²) in [7, 11) is 0. The first kappa shape index (κ1) is 17.4. The van der Waals surface area contributed by atoms with Crippen molar-refractivity contribution in [2.45, 2.75) is 40.3 Å². The molecule has 132 valence electrons. The average molecular weight is 362 g/mol. The Morgan fingerprint density at radius 2 is 2.00 bits per heavy atom. The average Bonchev–Trinajstić information content (AvgIpc) is 3.26. The van der Waals surface area contributed by atoms with E-state index in [4.69, 9.17) is 20.4 Å². The van der Waals surface area contributed by atoms with Crippen LogP contribution < -0.4 is 5.32 Å². The molecule has 6 nitrogen and oxygen atoms in total. The molecule has 3 heterocycles. The smallest absolute Gasteiger partial charge is 0.287 e. The molecular weight excluding hydrogens is 342 g/mol. The lowest BCUT2D eigenvalue weighted by molar-refractivity contribution is 0.0905. The van der Waals surface area contributed by atoms with E-state index in [1.54, 1.807) is 16.8 Å². The minimum Gasteiger partial charge on any atom is -0.464 e. The number of hydrogen-bond acceptors (Lipinski definition) is 4. The Hall–Kier alpha value is -2.47. The van der Waals surface area contributed by atoms with Gasteiger partial charge in [-0.15, -0.1) is 0 Å². The van der Waals surface area contributed by atoms with Crippen LogP contribution in [0.25, 0.3) is 0 Å². The van der Waals surface area contributed by atoms with Gasteiger partial charge in [-0.2, -0.15) is 5.10 Å². The van der Waals surface area contributed by atoms with Crippen LogP contribution in [0, 0.1) is 20.8 Å². The number of furan rings is 2. The molecule has 1 unspecified atom stereocenters. The van der Waals surface area contributed by atoms with E-state index < -0.39 is 0 Å². The number of carbonyl (C=O) groups is 1. The van der Waals surface area contributed by atoms with E-state index >= 15 is 0 Å². The largest absolute Gasteiger partial charge is 0.464 e. The summed E-state index contributed by atoms with van der Waals surface area (Å²) in [6.07, 6.45) is 0. The topological polar surface area (TPSA) is 73.2 Å². The van der Waals surface area contributed by atoms with Gasteiger partial charge in [0.15, 0.2) is 5.76 Å². The lowest BCUT2D eigenvalue weighted by Crippen LogP contribution is -2.25. The van der Waals surface area contributed by atoms with E-state index in [-0.39, 0.29) is 17.7 Å². The van der Waals surface area contributed by atoms with E-state index in [1.807, 2.05) is 39.8 Å². The molecule has 0 spiro atoms. The zero-order chi connectivity index (χ0) is 18.1. The lowest BCUT2D eigenvalue weighted by atomic mass is 10.2. The third kappa shape index (κ3) is 3.64. The van der Waals surface area contributed by atoms with Crippen molar-refractivity contribution in [1.29, 1.82) is 0 Å². The first-order chi connectivity index (χ1) is 11.8. The summed E-state index contributed by atoms with van der Waals surface area (Å²) in [5.41, 5.74) is 1.63. The summed E-state index contributed by atoms with van der Waals surface area (Å²) in [6.45, 7) is 7.89. The molecule has 0 aromatic carbocycles. The standard InChI is InChI=1S/C18H20ClN3O3/c1-10-5-7-15(24-10)11(2)20-18(23)16-8-6-14(25-16)9-22-13(4)17(19)12(3)21-22/h5-8,11H,9H2,1-4H3,(H,20,23). The van der Waals surface area contributed by atoms with Crippen LogP contribution in [0.3, 0.4) is 0 Å². The van der Waals surface area contributed by atoms with Crippen LogP contribution in [0.4, 0.5) is 0 Å². The van der Waals surface area contributed by atoms with E-state index in [9.17, 15) is 4.79 Å². The molecule has 1 amide bonds. The SMILES string of the molecule is Cc1ccc(C(C)NC(=O)c2ccc(Cn3nc(C)c(Cl)c3C)o2)o1. The molecule has 0 radical (unpaired) electrons. The van der Waals surface area contributed by atoms with Crippen LogP contribution >= 0.6 is 11.6 Å². The molecule has 3 rings (SSSR count). The van der Waals surface area contributed by atoms with Crippen molar-refractivity contribution < 1.29 is 13.6 Å². The van der Waals surface area contributed by atoms with Crippen molar-refractivity contribution in [2.24, 2.45) is 0 Å². The maximum atomic E-state index is 12.3. The number of nitrogens with one attached hydrogen (secondary N) is 1. The van der Waals surface area contributed by atoms with E-state index in [2.05, 4.69) is 10.4 Å². The van der Waals surface area contributed by atoms with Gasteiger partial charge in [-0.05, 0) is 52.0 Å². The molecule has 0 bridgehead atoms. The lowest BCUT2D eigenvalue weighted by Gasteiger charge is -2.10. The van der Waals surface area contributed by atoms with Gasteiger partial charge >= 0.3 is 0 Å². The zero-order valence-electron chi connectivity index (χ0n) is 14.6. The number of amides is 1. The van der Waals surface area contributed by atoms with Gasteiger partial charge in [0, 0.05) is 0 Å². The maximum Gasteiger partial charge on any atom is 0.287 e. The van der Waals surface area contributed by atoms with Crippen molar-refractivity contribution in [3.63, 3.8) is 0 Å². The second kappa shape index (κ2) is 6.80. The predicted octanol–water partition coefficient (Wildman–Crippen LogP) is 4.19. The predicted molar refractivity (Wildman–Crippen MR) is 93.8 cm³/mol. The Labute approximate surface area is 150 Å². The highest BCUT2D eigenvalue weighted by Gasteiger charge is 2.18. The fourth-order valence-corrected chi connectivity index (χ4v) is 2.72. The van der Waals surface area contributed by atoms with Crippen LogP contribution in [0.15, 0.2) is 33.1 Å². The van der Waals surface area contributed by atoms with Crippen molar-refractivity contribution >= 4 is 17.5 Å². The highest BCUT2D eigenvalue weighted by atomic mass is 35.5. The number of halogens is 1. The van der Waals surface area contributed by atoms with Gasteiger partial charge in [-0.25, -0.2) is 0 Å². The number of aromatic nitrogens is 2. The van der Waals surface area contributed by atoms with Crippen LogP contribution in [0.2, 0.25) is 5.02 Å². The second-order valence-corrected chi connectivity index (χ2v) is 6.43. The molecule has 0 aliphatic rings. The number of hydrogen-bond donors (Lipinski definition) is 1. The third-order valence-electron chi connectivity index (χ3n) is 4.02. The molecule has 0 fully saturated rings. The quantitative estimate of drug-likeness (QED) is 0.739. The van der Waals surface area contributed by atoms with Crippen molar-refractivity contribution in [3.05, 3.63) is 63.7 Å². The Bertz CT molecular complexity index is 907. The van der Waals surface area contributed by atoms with Gasteiger partial charge in [-0.1, -0.05) is 11.6 Å². The first-order valence-electron chi connectivity index (χ1n) is 8.00. The summed E-state index contributed by atoms with van der Waals surface area (Å²) in [5.74, 6) is 2.10. The summed E-state index contributed by atoms with van der Waals surface area (Å²) >= 11 is 6.15. The maximum absolute atomic E-state index is 12.3. The Morgan fingerprint density at radius 3 is 2.60 bits per heavy atom. The van der Waals surface area contributed by atoms with Gasteiger partial charge in [-0.3, -0.25) is 9.48 Å². The molecule has 7 heteroatoms. The number of aryl methyl sites for hydroxylation is 2. The van der Waals surface area contributed by atoms with Gasteiger partial charge in [0.05, 0.1) is 29.0 Å². The summed E-state index contributed by atoms with van der Waals surface area (Å²) in [6, 6.07) is 6.88. The molecular formula is C18H20ClN3O3. The Kier molecular flexibility index (Phi) is 4.72. The number of carbonyl (C=O) groups excluding carboxylic acids is 1. The van der Waals surface area contributed by atoms with Gasteiger partial charge < -0.3 is 14.2 Å². The van der Waals surface area contributed by atoms with Gasteiger partial charge in [0.2, 0.25) is 0 Å². The zero-order valence-corrected chi connectivity index (χ0v) is 15.3. The van der Waals surface area contributed by atoms with E-state index in [0.717, 1.165) is 17.1 Å². The number of nitrogens with zero attached hydrogens (tertiary/aromatic N) is 2. The fraction of sp³-hybridized carbons (Fsp3) is 0.333. The molecule has 25 heavy (non-hydrogen) atoms. The van der Waals surface area contributed by atoms with Gasteiger partial charge in [0.1, 0.15) is 17.3 Å². The van der Waals surface area contributed by atoms with Crippen LogP contribution in [-0.2, 0) is 6.54 Å². The molecule has 0 saturated heterocycles. The highest BCUT2D eigenvalue weighted by molar-refractivity contribution is 6.31. The molecule has 1 N–H and O–H groups in total. The molecule has 0 aliphatic carbocycles. The highest BCUT2D eigenvalue weighted by Crippen LogP contribution is 2.21. The van der Waals surface area contributed by atoms with Crippen LogP contribution in [-0.4, -0.2) is 15.7 Å². The Balaban J connectivity index is 1.68. The Morgan fingerprint density at radius 1 is 1.24 bits per heavy atom. The molecule has 0 saturated carbocycles. The fourth-order valence-electron chi connectivity index (χ4n) is 2.59. The monoisotopic (exact) mass is 361 g/mol. The summed E-state index contributed by atoms with van der Waals surface area (Å²) in [5, 5.41) is 7.86. The van der Waals surface area contributed by atoms with Gasteiger partial charge in [0.25, 0.3) is 5.91 Å². The number of rotatable bonds is 5. The van der Waals surface area contributed by atoms with Crippen LogP contribution in [0.5, 0.6) is 0 Å². The third-order valence-corrected chi connectivity index (χ3v) is 4.57. The second-order valence-electron chi connectivity index (χ2n) is 6.05. The molecule has 1 atom stereocenters. The van der Waals surface area contributed by atoms with Crippen LogP contribution in [0.1, 0.15) is 52.2 Å². The molecule has 3 aromatic rings. The first-order valence-corrected chi connectivity index (χ1v) is 8.38. The van der Waals surface area contributed by atoms with E-state index in [0.29, 0.717) is 23.1 Å². The molecule has 0 aliphatic heterocycles. The van der Waals surface area contributed by atoms with Crippen molar-refractivity contribution in [1.82, 2.24) is 15.1 Å². The van der Waals surface area contributed by atoms with Crippen molar-refractivity contribution in [3.8, 4) is 0 Å². The summed E-state index contributed by atoms with van der Waals surface area (Å²) < 4.78 is 12.9.